The first-order valence-electron chi connectivity index (χ1n) is 7.01. The predicted molar refractivity (Wildman–Crippen MR) is 71.5 cm³/mol. The van der Waals surface area contributed by atoms with Crippen LogP contribution in [-0.2, 0) is 4.79 Å². The topological polar surface area (TPSA) is 17.1 Å². The number of ketones is 1. The maximum absolute atomic E-state index is 10.5. The molecule has 0 heterocycles. The van der Waals surface area contributed by atoms with Gasteiger partial charge in [-0.3, -0.25) is 4.79 Å². The molecule has 1 saturated carbocycles. The van der Waals surface area contributed by atoms with Crippen molar-refractivity contribution in [3.05, 3.63) is 0 Å². The highest BCUT2D eigenvalue weighted by Crippen LogP contribution is 2.29. The molecular formula is C15H30O. The van der Waals surface area contributed by atoms with Crippen LogP contribution >= 0.6 is 0 Å². The van der Waals surface area contributed by atoms with Crippen molar-refractivity contribution in [2.75, 3.05) is 0 Å². The molecule has 0 saturated heterocycles. The van der Waals surface area contributed by atoms with Gasteiger partial charge in [0, 0.05) is 12.3 Å². The lowest BCUT2D eigenvalue weighted by Crippen LogP contribution is -2.12. The van der Waals surface area contributed by atoms with Crippen LogP contribution in [0, 0.1) is 17.8 Å². The minimum Gasteiger partial charge on any atom is -0.299 e. The molecular weight excluding hydrogens is 196 g/mol. The molecule has 96 valence electrons. The van der Waals surface area contributed by atoms with Gasteiger partial charge in [-0.05, 0) is 11.8 Å². The van der Waals surface area contributed by atoms with Gasteiger partial charge in [-0.1, -0.05) is 66.7 Å². The lowest BCUT2D eigenvalue weighted by molar-refractivity contribution is -0.121. The molecule has 0 radical (unpaired) electrons. The van der Waals surface area contributed by atoms with Gasteiger partial charge in [0.2, 0.25) is 0 Å². The monoisotopic (exact) mass is 226 g/mol. The van der Waals surface area contributed by atoms with Crippen LogP contribution in [0.25, 0.3) is 0 Å². The summed E-state index contributed by atoms with van der Waals surface area (Å²) in [5.41, 5.74) is 0. The van der Waals surface area contributed by atoms with E-state index in [1.165, 1.54) is 32.1 Å². The fourth-order valence-corrected chi connectivity index (χ4v) is 2.21. The fraction of sp³-hybridized carbons (Fsp3) is 0.933. The fourth-order valence-electron chi connectivity index (χ4n) is 2.21. The highest BCUT2D eigenvalue weighted by molar-refractivity contribution is 5.79. The molecule has 1 aliphatic rings. The molecule has 0 spiro atoms. The number of carbonyl (C=O) groups is 1. The summed E-state index contributed by atoms with van der Waals surface area (Å²) < 4.78 is 0. The van der Waals surface area contributed by atoms with Gasteiger partial charge < -0.3 is 0 Å². The van der Waals surface area contributed by atoms with Gasteiger partial charge >= 0.3 is 0 Å². The highest BCUT2D eigenvalue weighted by atomic mass is 16.1. The van der Waals surface area contributed by atoms with Crippen molar-refractivity contribution in [2.24, 2.45) is 17.8 Å². The van der Waals surface area contributed by atoms with Crippen LogP contribution in [0.5, 0.6) is 0 Å². The number of carbonyl (C=O) groups excluding carboxylic acids is 1. The first kappa shape index (κ1) is 15.7. The van der Waals surface area contributed by atoms with Crippen molar-refractivity contribution in [1.29, 1.82) is 0 Å². The van der Waals surface area contributed by atoms with E-state index in [1.54, 1.807) is 0 Å². The lowest BCUT2D eigenvalue weighted by atomic mass is 9.82. The second-order valence-electron chi connectivity index (χ2n) is 5.62. The van der Waals surface area contributed by atoms with E-state index in [0.717, 1.165) is 11.8 Å². The van der Waals surface area contributed by atoms with E-state index in [-0.39, 0.29) is 5.92 Å². The Morgan fingerprint density at radius 2 is 1.56 bits per heavy atom. The quantitative estimate of drug-likeness (QED) is 0.672. The zero-order chi connectivity index (χ0) is 12.6. The van der Waals surface area contributed by atoms with Gasteiger partial charge in [0.15, 0.2) is 0 Å². The highest BCUT2D eigenvalue weighted by Gasteiger charge is 2.15. The van der Waals surface area contributed by atoms with Crippen molar-refractivity contribution in [2.45, 2.75) is 73.1 Å². The molecule has 0 unspecified atom stereocenters. The van der Waals surface area contributed by atoms with Crippen LogP contribution in [0.4, 0.5) is 0 Å². The van der Waals surface area contributed by atoms with E-state index >= 15 is 0 Å². The third-order valence-electron chi connectivity index (χ3n) is 3.59. The SMILES string of the molecule is CC(C)C1CCCCC1.CCC(=O)C(C)C. The predicted octanol–water partition coefficient (Wildman–Crippen LogP) is 4.84. The van der Waals surface area contributed by atoms with Crippen LogP contribution in [0.15, 0.2) is 0 Å². The molecule has 1 nitrogen and oxygen atoms in total. The summed E-state index contributed by atoms with van der Waals surface area (Å²) in [4.78, 5) is 10.5. The van der Waals surface area contributed by atoms with Gasteiger partial charge in [-0.2, -0.15) is 0 Å². The zero-order valence-electron chi connectivity index (χ0n) is 11.9. The first-order valence-corrected chi connectivity index (χ1v) is 7.01. The Hall–Kier alpha value is -0.330. The molecule has 1 fully saturated rings. The van der Waals surface area contributed by atoms with Crippen LogP contribution in [0.3, 0.4) is 0 Å². The third kappa shape index (κ3) is 7.03. The van der Waals surface area contributed by atoms with Gasteiger partial charge in [0.25, 0.3) is 0 Å². The van der Waals surface area contributed by atoms with E-state index < -0.39 is 0 Å². The molecule has 0 aromatic heterocycles. The Labute approximate surface area is 102 Å². The number of hydrogen-bond donors (Lipinski definition) is 0. The molecule has 0 N–H and O–H groups in total. The summed E-state index contributed by atoms with van der Waals surface area (Å²) in [6.07, 6.45) is 8.14. The number of Topliss-reactive ketones (excluding diaryl/α,β-unsaturated/α-hetero) is 1. The van der Waals surface area contributed by atoms with E-state index in [1.807, 2.05) is 20.8 Å². The number of rotatable bonds is 3. The molecule has 0 aromatic rings. The summed E-state index contributed by atoms with van der Waals surface area (Å²) in [7, 11) is 0. The summed E-state index contributed by atoms with van der Waals surface area (Å²) in [6.45, 7) is 10.5. The van der Waals surface area contributed by atoms with Crippen molar-refractivity contribution in [3.63, 3.8) is 0 Å². The Morgan fingerprint density at radius 1 is 1.06 bits per heavy atom. The van der Waals surface area contributed by atoms with E-state index in [4.69, 9.17) is 0 Å². The Kier molecular flexibility index (Phi) is 8.60. The van der Waals surface area contributed by atoms with Crippen molar-refractivity contribution >= 4 is 5.78 Å². The van der Waals surface area contributed by atoms with Crippen molar-refractivity contribution in [1.82, 2.24) is 0 Å². The Morgan fingerprint density at radius 3 is 1.75 bits per heavy atom. The summed E-state index contributed by atoms with van der Waals surface area (Å²) in [6, 6.07) is 0. The minimum absolute atomic E-state index is 0.227. The van der Waals surface area contributed by atoms with E-state index in [0.29, 0.717) is 12.2 Å². The van der Waals surface area contributed by atoms with E-state index in [2.05, 4.69) is 13.8 Å². The average molecular weight is 226 g/mol. The van der Waals surface area contributed by atoms with Gasteiger partial charge in [0.05, 0.1) is 0 Å². The van der Waals surface area contributed by atoms with Crippen LogP contribution < -0.4 is 0 Å². The summed E-state index contributed by atoms with van der Waals surface area (Å²) >= 11 is 0. The molecule has 1 rings (SSSR count). The van der Waals surface area contributed by atoms with Crippen LogP contribution in [0.1, 0.15) is 73.1 Å². The van der Waals surface area contributed by atoms with E-state index in [9.17, 15) is 4.79 Å². The second kappa shape index (κ2) is 8.78. The third-order valence-corrected chi connectivity index (χ3v) is 3.59. The van der Waals surface area contributed by atoms with Gasteiger partial charge in [-0.15, -0.1) is 0 Å². The average Bonchev–Trinajstić information content (AvgIpc) is 2.29. The zero-order valence-corrected chi connectivity index (χ0v) is 11.9. The number of hydrogen-bond acceptors (Lipinski definition) is 1. The molecule has 1 aliphatic carbocycles. The molecule has 1 heteroatoms. The molecule has 0 aromatic carbocycles. The van der Waals surface area contributed by atoms with Gasteiger partial charge in [-0.25, -0.2) is 0 Å². The standard InChI is InChI=1S/C9H18.C6H12O/c1-8(2)9-6-4-3-5-7-9;1-4-6(7)5(2)3/h8-9H,3-7H2,1-2H3;5H,4H2,1-3H3. The normalized spacial score (nSPS) is 17.2. The van der Waals surface area contributed by atoms with Crippen molar-refractivity contribution < 1.29 is 4.79 Å². The molecule has 0 bridgehead atoms. The molecule has 16 heavy (non-hydrogen) atoms. The molecule has 0 atom stereocenters. The smallest absolute Gasteiger partial charge is 0.135 e. The van der Waals surface area contributed by atoms with Crippen molar-refractivity contribution in [3.8, 4) is 0 Å². The summed E-state index contributed by atoms with van der Waals surface area (Å²) in [5.74, 6) is 2.56. The largest absolute Gasteiger partial charge is 0.299 e. The second-order valence-corrected chi connectivity index (χ2v) is 5.62. The summed E-state index contributed by atoms with van der Waals surface area (Å²) in [5, 5.41) is 0. The van der Waals surface area contributed by atoms with Crippen LogP contribution in [-0.4, -0.2) is 5.78 Å². The van der Waals surface area contributed by atoms with Gasteiger partial charge in [0.1, 0.15) is 5.78 Å². The lowest BCUT2D eigenvalue weighted by Gasteiger charge is -2.24. The molecule has 0 aliphatic heterocycles. The molecule has 0 amide bonds. The maximum Gasteiger partial charge on any atom is 0.135 e. The van der Waals surface area contributed by atoms with Crippen LogP contribution in [0.2, 0.25) is 0 Å². The minimum atomic E-state index is 0.227. The maximum atomic E-state index is 10.5. The first-order chi connectivity index (χ1) is 7.49. The Bertz CT molecular complexity index is 176. The Balaban J connectivity index is 0.000000293.